The molecule has 25 heteroatoms. The van der Waals surface area contributed by atoms with Crippen LogP contribution in [-0.2, 0) is 71.1 Å². The zero-order valence-electron chi connectivity index (χ0n) is 58.0. The molecule has 3 fully saturated rings. The van der Waals surface area contributed by atoms with Crippen molar-refractivity contribution in [3.05, 3.63) is 336 Å². The molecule has 3 heterocycles. The fraction of sp³-hybridized carbons (Fsp3) is 0.226. The number of rotatable bonds is 28. The van der Waals surface area contributed by atoms with Crippen LogP contribution in [0, 0.1) is 0 Å². The smallest absolute Gasteiger partial charge is 0.338 e. The normalized spacial score (nSPS) is 23.5. The number of hydrogen-bond acceptors (Lipinski definition) is 25. The van der Waals surface area contributed by atoms with Gasteiger partial charge in [0.2, 0.25) is 0 Å². The number of benzene rings is 9. The molecule has 0 saturated carbocycles. The summed E-state index contributed by atoms with van der Waals surface area (Å²) in [4.78, 5) is 132. The van der Waals surface area contributed by atoms with Crippen LogP contribution < -0.4 is 0 Å². The Morgan fingerprint density at radius 1 is 0.275 bits per heavy atom. The highest BCUT2D eigenvalue weighted by atomic mass is 16.8. The van der Waals surface area contributed by atoms with Gasteiger partial charge in [-0.25, -0.2) is 43.2 Å². The monoisotopic (exact) mass is 1480 g/mol. The zero-order valence-corrected chi connectivity index (χ0v) is 58.0. The summed E-state index contributed by atoms with van der Waals surface area (Å²) in [6, 6.07) is 68.3. The Labute approximate surface area is 624 Å². The molecular formula is C84H72O25. The minimum absolute atomic E-state index is 0.0162. The Balaban J connectivity index is 1.06. The van der Waals surface area contributed by atoms with Gasteiger partial charge >= 0.3 is 53.7 Å². The van der Waals surface area contributed by atoms with Gasteiger partial charge in [-0.3, -0.25) is 0 Å². The van der Waals surface area contributed by atoms with Gasteiger partial charge in [0.15, 0.2) is 73.8 Å². The van der Waals surface area contributed by atoms with E-state index in [0.717, 1.165) is 0 Å². The summed E-state index contributed by atoms with van der Waals surface area (Å²) >= 11 is 0. The van der Waals surface area contributed by atoms with Crippen LogP contribution in [0.2, 0.25) is 0 Å². The van der Waals surface area contributed by atoms with Gasteiger partial charge in [-0.05, 0) is 109 Å². The molecule has 9 aromatic carbocycles. The SMILES string of the molecule is C=CCO[C@H]1O[C@H](COC(=O)c2ccccc2)[C@@H](OC(=O)c2ccccc2)[C@H](OC(=O)c2ccccc2)[C@@H]1O[C@H]1O[C@H](COC(=O)c2ccccc2)[C@@H](OC(=O)c2ccccc2)[C@H](OC(=O)c2ccccc2)[C@@H]1O[C@H]1O[C@H](CO)[C@@H](OC(=O)c2ccccc2)[C@H](OC(=O)c2ccccc2)[C@@H]1OC(=O)c1ccccc1. The molecule has 15 atom stereocenters. The van der Waals surface area contributed by atoms with Crippen LogP contribution in [0.4, 0.5) is 0 Å². The van der Waals surface area contributed by atoms with Gasteiger partial charge in [0.25, 0.3) is 0 Å². The molecule has 0 unspecified atom stereocenters. The molecule has 3 aliphatic rings. The molecule has 0 amide bonds. The van der Waals surface area contributed by atoms with Gasteiger partial charge in [-0.15, -0.1) is 6.58 Å². The van der Waals surface area contributed by atoms with Crippen molar-refractivity contribution < 1.29 is 119 Å². The van der Waals surface area contributed by atoms with Gasteiger partial charge in [0.1, 0.15) is 31.5 Å². The third-order valence-electron chi connectivity index (χ3n) is 17.5. The van der Waals surface area contributed by atoms with Crippen LogP contribution in [0.25, 0.3) is 0 Å². The van der Waals surface area contributed by atoms with Crippen LogP contribution in [0.3, 0.4) is 0 Å². The molecular weight excluding hydrogens is 1410 g/mol. The second-order valence-electron chi connectivity index (χ2n) is 24.7. The molecule has 9 aromatic rings. The lowest BCUT2D eigenvalue weighted by Gasteiger charge is -2.50. The molecule has 0 aromatic heterocycles. The fourth-order valence-electron chi connectivity index (χ4n) is 12.1. The summed E-state index contributed by atoms with van der Waals surface area (Å²) in [7, 11) is 0. The van der Waals surface area contributed by atoms with E-state index in [-0.39, 0.29) is 56.7 Å². The molecule has 0 spiro atoms. The largest absolute Gasteiger partial charge is 0.459 e. The molecule has 0 bridgehead atoms. The highest BCUT2D eigenvalue weighted by Gasteiger charge is 2.61. The van der Waals surface area contributed by atoms with Crippen molar-refractivity contribution in [2.45, 2.75) is 92.1 Å². The molecule has 12 rings (SSSR count). The second-order valence-corrected chi connectivity index (χ2v) is 24.7. The number of hydrogen-bond donors (Lipinski definition) is 1. The van der Waals surface area contributed by atoms with E-state index >= 15 is 9.59 Å². The molecule has 558 valence electrons. The first kappa shape index (κ1) is 76.3. The summed E-state index contributed by atoms with van der Waals surface area (Å²) in [5.74, 6) is -9.35. The maximum absolute atomic E-state index is 15.3. The zero-order chi connectivity index (χ0) is 76.0. The van der Waals surface area contributed by atoms with Crippen LogP contribution >= 0.6 is 0 Å². The molecule has 109 heavy (non-hydrogen) atoms. The maximum Gasteiger partial charge on any atom is 0.338 e. The molecule has 0 aliphatic carbocycles. The van der Waals surface area contributed by atoms with E-state index in [0.29, 0.717) is 0 Å². The van der Waals surface area contributed by atoms with Crippen molar-refractivity contribution in [1.82, 2.24) is 0 Å². The van der Waals surface area contributed by atoms with Crippen molar-refractivity contribution in [2.24, 2.45) is 0 Å². The second kappa shape index (κ2) is 37.3. The predicted octanol–water partition coefficient (Wildman–Crippen LogP) is 10.4. The molecule has 3 aliphatic heterocycles. The van der Waals surface area contributed by atoms with Gasteiger partial charge in [0.05, 0.1) is 63.3 Å². The number of carbonyl (C=O) groups is 9. The predicted molar refractivity (Wildman–Crippen MR) is 382 cm³/mol. The van der Waals surface area contributed by atoms with E-state index in [1.807, 2.05) is 0 Å². The summed E-state index contributed by atoms with van der Waals surface area (Å²) < 4.78 is 98.1. The summed E-state index contributed by atoms with van der Waals surface area (Å²) in [6.07, 6.45) is -29.2. The maximum atomic E-state index is 15.3. The standard InChI is InChI=1S/C84H72O25/c1-2-48-95-82-70(68(105-79(92)58-42-24-9-25-43-58)65(102-76(89)55-36-18-6-19-37-55)62(99-82)50-96-73(86)52-30-12-3-13-31-52)108-84-72(69(106-80(93)59-44-26-10-27-45-59)66(103-77(90)56-38-20-7-21-39-56)63(100-84)51-97-74(87)53-32-14-4-15-33-53)109-83-71(107-81(94)60-46-28-11-29-47-60)67(104-78(91)57-40-22-8-23-41-57)64(61(49-85)98-83)101-75(88)54-34-16-5-17-35-54/h2-47,61-72,82-85H,1,48-51H2/t61-,62-,63-,64-,65-,66-,67+,68+,69+,70+,71+,72+,82+,83-,84-/m1/s1. The first-order chi connectivity index (χ1) is 53.2. The molecule has 1 N–H and O–H groups in total. The van der Waals surface area contributed by atoms with Crippen molar-refractivity contribution >= 4 is 53.7 Å². The number of aliphatic hydroxyl groups excluding tert-OH is 1. The highest BCUT2D eigenvalue weighted by molar-refractivity contribution is 5.94. The van der Waals surface area contributed by atoms with E-state index in [4.69, 9.17) is 71.1 Å². The van der Waals surface area contributed by atoms with E-state index in [1.54, 1.807) is 115 Å². The van der Waals surface area contributed by atoms with Crippen molar-refractivity contribution in [3.63, 3.8) is 0 Å². The summed E-state index contributed by atoms with van der Waals surface area (Å²) in [5, 5.41) is 11.6. The van der Waals surface area contributed by atoms with Gasteiger partial charge in [0, 0.05) is 0 Å². The Morgan fingerprint density at radius 3 is 0.761 bits per heavy atom. The van der Waals surface area contributed by atoms with E-state index < -0.39 is 166 Å². The number of esters is 9. The summed E-state index contributed by atoms with van der Waals surface area (Å²) in [5.41, 5.74) is -0.270. The Kier molecular flexibility index (Phi) is 26.1. The molecule has 3 saturated heterocycles. The first-order valence-corrected chi connectivity index (χ1v) is 34.6. The Morgan fingerprint density at radius 2 is 0.486 bits per heavy atom. The molecule has 0 radical (unpaired) electrons. The van der Waals surface area contributed by atoms with Crippen molar-refractivity contribution in [2.75, 3.05) is 26.4 Å². The van der Waals surface area contributed by atoms with Gasteiger partial charge in [-0.1, -0.05) is 170 Å². The van der Waals surface area contributed by atoms with Crippen LogP contribution in [0.15, 0.2) is 286 Å². The first-order valence-electron chi connectivity index (χ1n) is 34.6. The molecule has 25 nitrogen and oxygen atoms in total. The number of carbonyl (C=O) groups excluding carboxylic acids is 9. The Hall–Kier alpha value is -12.3. The van der Waals surface area contributed by atoms with Crippen LogP contribution in [-0.4, -0.2) is 177 Å². The minimum Gasteiger partial charge on any atom is -0.459 e. The highest BCUT2D eigenvalue weighted by Crippen LogP contribution is 2.40. The quantitative estimate of drug-likeness (QED) is 0.0270. The third kappa shape index (κ3) is 19.5. The lowest BCUT2D eigenvalue weighted by atomic mass is 9.95. The average molecular weight is 1480 g/mol. The van der Waals surface area contributed by atoms with Gasteiger partial charge < -0.3 is 76.2 Å². The summed E-state index contributed by atoms with van der Waals surface area (Å²) in [6.45, 7) is 0.748. The topological polar surface area (TPSA) is 312 Å². The van der Waals surface area contributed by atoms with Crippen molar-refractivity contribution in [1.29, 1.82) is 0 Å². The lowest BCUT2D eigenvalue weighted by molar-refractivity contribution is -0.390. The number of ether oxygens (including phenoxy) is 15. The number of aliphatic hydroxyl groups is 1. The van der Waals surface area contributed by atoms with E-state index in [9.17, 15) is 38.7 Å². The third-order valence-corrected chi connectivity index (χ3v) is 17.5. The fourth-order valence-corrected chi connectivity index (χ4v) is 12.1. The Bertz CT molecular complexity index is 4530. The van der Waals surface area contributed by atoms with Crippen LogP contribution in [0.1, 0.15) is 93.2 Å². The lowest BCUT2D eigenvalue weighted by Crippen LogP contribution is -2.69. The minimum atomic E-state index is -2.33. The van der Waals surface area contributed by atoms with Crippen molar-refractivity contribution in [3.8, 4) is 0 Å². The van der Waals surface area contributed by atoms with Gasteiger partial charge in [-0.2, -0.15) is 0 Å². The van der Waals surface area contributed by atoms with Crippen LogP contribution in [0.5, 0.6) is 0 Å². The average Bonchev–Trinajstić information content (AvgIpc) is 0.755. The van der Waals surface area contributed by atoms with E-state index in [2.05, 4.69) is 6.58 Å². The van der Waals surface area contributed by atoms with E-state index in [1.165, 1.54) is 164 Å².